The summed E-state index contributed by atoms with van der Waals surface area (Å²) in [6.45, 7) is 7.76. The number of aryl methyl sites for hydroxylation is 2. The van der Waals surface area contributed by atoms with Crippen molar-refractivity contribution < 1.29 is 14.0 Å². The largest absolute Gasteiger partial charge is 0.493 e. The Hall–Kier alpha value is -2.04. The number of aromatic nitrogens is 2. The first-order valence-corrected chi connectivity index (χ1v) is 8.81. The molecule has 0 aliphatic heterocycles. The van der Waals surface area contributed by atoms with E-state index < -0.39 is 0 Å². The van der Waals surface area contributed by atoms with Gasteiger partial charge in [-0.3, -0.25) is 4.99 Å². The van der Waals surface area contributed by atoms with E-state index in [2.05, 4.69) is 25.8 Å². The van der Waals surface area contributed by atoms with Crippen LogP contribution in [0.1, 0.15) is 32.0 Å². The number of halogens is 1. The lowest BCUT2D eigenvalue weighted by Gasteiger charge is -2.14. The van der Waals surface area contributed by atoms with Crippen molar-refractivity contribution in [3.8, 4) is 11.5 Å². The quantitative estimate of drug-likeness (QED) is 0.241. The van der Waals surface area contributed by atoms with Crippen LogP contribution in [0.15, 0.2) is 27.7 Å². The van der Waals surface area contributed by atoms with Gasteiger partial charge in [0.2, 0.25) is 5.89 Å². The van der Waals surface area contributed by atoms with Gasteiger partial charge in [0.25, 0.3) is 0 Å². The topological polar surface area (TPSA) is 93.8 Å². The molecule has 1 heterocycles. The first-order chi connectivity index (χ1) is 12.7. The second-order valence-electron chi connectivity index (χ2n) is 5.52. The third kappa shape index (κ3) is 7.61. The Kier molecular flexibility index (Phi) is 10.5. The maximum absolute atomic E-state index is 5.61. The number of ether oxygens (including phenoxy) is 2. The number of rotatable bonds is 9. The summed E-state index contributed by atoms with van der Waals surface area (Å²) in [5.41, 5.74) is 0.876. The normalized spacial score (nSPS) is 10.9. The van der Waals surface area contributed by atoms with Crippen molar-refractivity contribution in [3.63, 3.8) is 0 Å². The van der Waals surface area contributed by atoms with E-state index in [9.17, 15) is 0 Å². The highest BCUT2D eigenvalue weighted by atomic mass is 127. The summed E-state index contributed by atoms with van der Waals surface area (Å²) < 4.78 is 16.0. The molecule has 0 fully saturated rings. The maximum Gasteiger partial charge on any atom is 0.226 e. The van der Waals surface area contributed by atoms with Crippen LogP contribution in [-0.2, 0) is 6.42 Å². The maximum atomic E-state index is 5.61. The number of methoxy groups -OCH3 is 1. The Balaban J connectivity index is 0.00000364. The molecule has 150 valence electrons. The molecule has 0 atom stereocenters. The number of anilines is 1. The number of nitrogens with zero attached hydrogens (tertiary/aromatic N) is 3. The van der Waals surface area contributed by atoms with Crippen LogP contribution in [0.2, 0.25) is 0 Å². The third-order valence-electron chi connectivity index (χ3n) is 3.46. The van der Waals surface area contributed by atoms with Crippen molar-refractivity contribution in [2.45, 2.75) is 33.6 Å². The summed E-state index contributed by atoms with van der Waals surface area (Å²) in [7, 11) is 1.63. The molecule has 0 spiro atoms. The van der Waals surface area contributed by atoms with Crippen molar-refractivity contribution in [2.24, 2.45) is 4.99 Å². The predicted octanol–water partition coefficient (Wildman–Crippen LogP) is 3.41. The monoisotopic (exact) mass is 489 g/mol. The highest BCUT2D eigenvalue weighted by Crippen LogP contribution is 2.30. The molecule has 1 aromatic heterocycles. The molecule has 0 radical (unpaired) electrons. The lowest BCUT2D eigenvalue weighted by molar-refractivity contribution is 0.311. The van der Waals surface area contributed by atoms with E-state index in [1.165, 1.54) is 0 Å². The van der Waals surface area contributed by atoms with Crippen LogP contribution < -0.4 is 20.1 Å². The molecule has 2 aromatic rings. The molecule has 0 amide bonds. The fourth-order valence-electron chi connectivity index (χ4n) is 2.33. The van der Waals surface area contributed by atoms with Gasteiger partial charge < -0.3 is 24.6 Å². The molecular weight excluding hydrogens is 461 g/mol. The molecule has 27 heavy (non-hydrogen) atoms. The highest BCUT2D eigenvalue weighted by Gasteiger charge is 2.07. The zero-order valence-electron chi connectivity index (χ0n) is 16.2. The fraction of sp³-hybridized carbons (Fsp3) is 0.500. The van der Waals surface area contributed by atoms with Gasteiger partial charge in [0.1, 0.15) is 0 Å². The van der Waals surface area contributed by atoms with Crippen LogP contribution in [0.4, 0.5) is 5.69 Å². The number of hydrogen-bond acceptors (Lipinski definition) is 6. The first kappa shape index (κ1) is 23.0. The minimum atomic E-state index is 0. The van der Waals surface area contributed by atoms with Crippen LogP contribution >= 0.6 is 24.0 Å². The number of nitrogens with one attached hydrogen (secondary N) is 2. The van der Waals surface area contributed by atoms with Crippen molar-refractivity contribution in [1.82, 2.24) is 15.5 Å². The number of aliphatic imine (C=N–C) groups is 1. The number of benzene rings is 1. The van der Waals surface area contributed by atoms with Gasteiger partial charge in [-0.25, -0.2) is 0 Å². The molecule has 0 saturated heterocycles. The zero-order valence-corrected chi connectivity index (χ0v) is 18.6. The molecule has 2 rings (SSSR count). The summed E-state index contributed by atoms with van der Waals surface area (Å²) in [6, 6.07) is 5.70. The lowest BCUT2D eigenvalue weighted by atomic mass is 10.2. The summed E-state index contributed by atoms with van der Waals surface area (Å²) >= 11 is 0. The molecule has 0 aliphatic rings. The van der Waals surface area contributed by atoms with Crippen molar-refractivity contribution in [2.75, 3.05) is 32.1 Å². The Morgan fingerprint density at radius 1 is 1.26 bits per heavy atom. The second-order valence-corrected chi connectivity index (χ2v) is 5.52. The van der Waals surface area contributed by atoms with Crippen molar-refractivity contribution >= 4 is 35.6 Å². The Bertz CT molecular complexity index is 721. The number of hydrogen-bond donors (Lipinski definition) is 2. The lowest BCUT2D eigenvalue weighted by Crippen LogP contribution is -2.30. The minimum absolute atomic E-state index is 0. The first-order valence-electron chi connectivity index (χ1n) is 8.81. The molecule has 2 N–H and O–H groups in total. The average molecular weight is 489 g/mol. The van der Waals surface area contributed by atoms with Gasteiger partial charge in [-0.05, 0) is 39.3 Å². The average Bonchev–Trinajstić information content (AvgIpc) is 3.05. The minimum Gasteiger partial charge on any atom is -0.493 e. The molecule has 0 unspecified atom stereocenters. The highest BCUT2D eigenvalue weighted by molar-refractivity contribution is 14.0. The summed E-state index contributed by atoms with van der Waals surface area (Å²) in [5, 5.41) is 10.3. The van der Waals surface area contributed by atoms with Crippen molar-refractivity contribution in [1.29, 1.82) is 0 Å². The molecule has 8 nitrogen and oxygen atoms in total. The van der Waals surface area contributed by atoms with Crippen LogP contribution in [-0.4, -0.2) is 42.9 Å². The molecule has 0 bridgehead atoms. The van der Waals surface area contributed by atoms with E-state index in [1.54, 1.807) is 7.11 Å². The van der Waals surface area contributed by atoms with Crippen LogP contribution in [0.3, 0.4) is 0 Å². The Morgan fingerprint density at radius 2 is 2.07 bits per heavy atom. The Labute approximate surface area is 177 Å². The van der Waals surface area contributed by atoms with Crippen molar-refractivity contribution in [3.05, 3.63) is 29.9 Å². The van der Waals surface area contributed by atoms with Gasteiger partial charge in [-0.1, -0.05) is 5.16 Å². The van der Waals surface area contributed by atoms with E-state index in [0.29, 0.717) is 48.7 Å². The molecule has 0 saturated carbocycles. The van der Waals surface area contributed by atoms with Gasteiger partial charge in [0.15, 0.2) is 23.3 Å². The summed E-state index contributed by atoms with van der Waals surface area (Å²) in [4.78, 5) is 8.77. The van der Waals surface area contributed by atoms with Gasteiger partial charge in [-0.15, -0.1) is 24.0 Å². The second kappa shape index (κ2) is 12.4. The molecular formula is C18H28IN5O3. The summed E-state index contributed by atoms with van der Waals surface area (Å²) in [5.74, 6) is 3.41. The van der Waals surface area contributed by atoms with E-state index in [1.807, 2.05) is 39.0 Å². The van der Waals surface area contributed by atoms with Gasteiger partial charge in [0.05, 0.1) is 13.7 Å². The van der Waals surface area contributed by atoms with Gasteiger partial charge in [0, 0.05) is 31.3 Å². The standard InChI is InChI=1S/C18H27N5O3.HI/c1-5-19-18(20-11-7-8-17-21-13(3)23-26-17)22-14-9-10-15(24-4)16(12-14)25-6-2;/h9-10,12H,5-8,11H2,1-4H3,(H2,19,20,22);1H. The zero-order chi connectivity index (χ0) is 18.8. The van der Waals surface area contributed by atoms with Gasteiger partial charge >= 0.3 is 0 Å². The van der Waals surface area contributed by atoms with E-state index in [-0.39, 0.29) is 24.0 Å². The Morgan fingerprint density at radius 3 is 2.70 bits per heavy atom. The smallest absolute Gasteiger partial charge is 0.226 e. The van der Waals surface area contributed by atoms with Crippen LogP contribution in [0, 0.1) is 6.92 Å². The van der Waals surface area contributed by atoms with Gasteiger partial charge in [-0.2, -0.15) is 4.98 Å². The summed E-state index contributed by atoms with van der Waals surface area (Å²) in [6.07, 6.45) is 1.53. The number of guanidine groups is 1. The fourth-order valence-corrected chi connectivity index (χ4v) is 2.33. The molecule has 1 aromatic carbocycles. The van der Waals surface area contributed by atoms with E-state index in [0.717, 1.165) is 18.7 Å². The molecule has 9 heteroatoms. The van der Waals surface area contributed by atoms with E-state index >= 15 is 0 Å². The third-order valence-corrected chi connectivity index (χ3v) is 3.46. The predicted molar refractivity (Wildman–Crippen MR) is 117 cm³/mol. The molecule has 0 aliphatic carbocycles. The van der Waals surface area contributed by atoms with E-state index in [4.69, 9.17) is 14.0 Å². The van der Waals surface area contributed by atoms with Crippen LogP contribution in [0.5, 0.6) is 11.5 Å². The van der Waals surface area contributed by atoms with Crippen LogP contribution in [0.25, 0.3) is 0 Å². The SMILES string of the molecule is CCNC(=NCCCc1nc(C)no1)Nc1ccc(OC)c(OCC)c1.I.